The minimum Gasteiger partial charge on any atom is -0.497 e. The van der Waals surface area contributed by atoms with Crippen molar-refractivity contribution in [2.24, 2.45) is 5.41 Å². The Balaban J connectivity index is 1.94. The highest BCUT2D eigenvalue weighted by Gasteiger charge is 2.46. The van der Waals surface area contributed by atoms with Crippen LogP contribution in [-0.4, -0.2) is 29.6 Å². The normalized spacial score (nSPS) is 16.3. The molecule has 0 atom stereocenters. The monoisotopic (exact) mass is 319 g/mol. The van der Waals surface area contributed by atoms with E-state index in [-0.39, 0.29) is 12.3 Å². The molecule has 5 heteroatoms. The predicted octanol–water partition coefficient (Wildman–Crippen LogP) is 2.78. The van der Waals surface area contributed by atoms with Gasteiger partial charge >= 0.3 is 5.97 Å². The Kier molecular flexibility index (Phi) is 4.97. The molecular weight excluding hydrogens is 294 g/mol. The van der Waals surface area contributed by atoms with Crippen molar-refractivity contribution in [1.82, 2.24) is 5.32 Å². The van der Waals surface area contributed by atoms with Gasteiger partial charge in [0.2, 0.25) is 5.91 Å². The summed E-state index contributed by atoms with van der Waals surface area (Å²) in [6, 6.07) is 7.72. The van der Waals surface area contributed by atoms with E-state index in [1.807, 2.05) is 38.1 Å². The molecule has 0 aromatic heterocycles. The Bertz CT molecular complexity index is 573. The van der Waals surface area contributed by atoms with Crippen LogP contribution in [0, 0.1) is 5.41 Å². The molecule has 23 heavy (non-hydrogen) atoms. The Morgan fingerprint density at radius 2 is 1.87 bits per heavy atom. The first-order valence-electron chi connectivity index (χ1n) is 7.94. The van der Waals surface area contributed by atoms with Gasteiger partial charge in [-0.05, 0) is 50.8 Å². The fourth-order valence-electron chi connectivity index (χ4n) is 3.10. The molecule has 1 aliphatic carbocycles. The quantitative estimate of drug-likeness (QED) is 0.810. The van der Waals surface area contributed by atoms with Gasteiger partial charge in [-0.2, -0.15) is 0 Å². The number of nitrogens with one attached hydrogen (secondary N) is 1. The Labute approximate surface area is 137 Å². The number of hydrogen-bond acceptors (Lipinski definition) is 3. The van der Waals surface area contributed by atoms with Gasteiger partial charge in [-0.3, -0.25) is 9.59 Å². The zero-order valence-electron chi connectivity index (χ0n) is 14.0. The number of aliphatic carboxylic acids is 1. The van der Waals surface area contributed by atoms with E-state index in [9.17, 15) is 14.7 Å². The van der Waals surface area contributed by atoms with E-state index in [1.54, 1.807) is 7.11 Å². The van der Waals surface area contributed by atoms with E-state index < -0.39 is 16.9 Å². The van der Waals surface area contributed by atoms with Gasteiger partial charge in [-0.1, -0.05) is 18.6 Å². The molecule has 1 amide bonds. The summed E-state index contributed by atoms with van der Waals surface area (Å²) in [7, 11) is 1.62. The van der Waals surface area contributed by atoms with Crippen LogP contribution >= 0.6 is 0 Å². The number of carbonyl (C=O) groups is 2. The van der Waals surface area contributed by atoms with E-state index in [0.29, 0.717) is 19.3 Å². The lowest BCUT2D eigenvalue weighted by Gasteiger charge is -2.38. The van der Waals surface area contributed by atoms with Crippen molar-refractivity contribution in [3.8, 4) is 5.75 Å². The second-order valence-corrected chi connectivity index (χ2v) is 7.07. The first kappa shape index (κ1) is 17.3. The third-order valence-electron chi connectivity index (χ3n) is 4.55. The van der Waals surface area contributed by atoms with E-state index in [1.165, 1.54) is 0 Å². The van der Waals surface area contributed by atoms with Crippen LogP contribution in [0.25, 0.3) is 0 Å². The average molecular weight is 319 g/mol. The van der Waals surface area contributed by atoms with Crippen LogP contribution in [-0.2, 0) is 16.0 Å². The van der Waals surface area contributed by atoms with Crippen molar-refractivity contribution in [2.45, 2.75) is 51.5 Å². The molecule has 0 radical (unpaired) electrons. The highest BCUT2D eigenvalue weighted by molar-refractivity contribution is 5.86. The Morgan fingerprint density at radius 3 is 2.30 bits per heavy atom. The average Bonchev–Trinajstić information content (AvgIpc) is 2.42. The fourth-order valence-corrected chi connectivity index (χ4v) is 3.10. The molecule has 0 aliphatic heterocycles. The first-order chi connectivity index (χ1) is 10.8. The van der Waals surface area contributed by atoms with E-state index in [2.05, 4.69) is 5.32 Å². The van der Waals surface area contributed by atoms with E-state index >= 15 is 0 Å². The molecule has 1 fully saturated rings. The van der Waals surface area contributed by atoms with Gasteiger partial charge < -0.3 is 15.2 Å². The maximum atomic E-state index is 12.3. The molecule has 0 saturated heterocycles. The molecule has 1 saturated carbocycles. The number of hydrogen-bond donors (Lipinski definition) is 2. The van der Waals surface area contributed by atoms with Crippen LogP contribution in [0.4, 0.5) is 0 Å². The Morgan fingerprint density at radius 1 is 1.26 bits per heavy atom. The topological polar surface area (TPSA) is 75.6 Å². The first-order valence-corrected chi connectivity index (χ1v) is 7.94. The maximum absolute atomic E-state index is 12.3. The van der Waals surface area contributed by atoms with Crippen LogP contribution in [0.1, 0.15) is 45.1 Å². The summed E-state index contributed by atoms with van der Waals surface area (Å²) in [6.07, 6.45) is 2.80. The summed E-state index contributed by atoms with van der Waals surface area (Å²) in [6.45, 7) is 3.90. The summed E-state index contributed by atoms with van der Waals surface area (Å²) in [5.41, 5.74) is -0.192. The number of ether oxygens (including phenoxy) is 1. The number of carbonyl (C=O) groups excluding carboxylic acids is 1. The third-order valence-corrected chi connectivity index (χ3v) is 4.55. The number of rotatable bonds is 7. The van der Waals surface area contributed by atoms with Crippen LogP contribution in [0.15, 0.2) is 24.3 Å². The lowest BCUT2D eigenvalue weighted by atomic mass is 9.66. The zero-order valence-corrected chi connectivity index (χ0v) is 14.0. The van der Waals surface area contributed by atoms with Gasteiger partial charge in [0, 0.05) is 12.0 Å². The largest absolute Gasteiger partial charge is 0.497 e. The SMILES string of the molecule is COc1ccc(CC(C)(C)NC(=O)CC2(C(=O)O)CCC2)cc1. The lowest BCUT2D eigenvalue weighted by Crippen LogP contribution is -2.49. The molecule has 1 aromatic carbocycles. The van der Waals surface area contributed by atoms with Crippen molar-refractivity contribution >= 4 is 11.9 Å². The second kappa shape index (κ2) is 6.60. The molecule has 0 spiro atoms. The number of amides is 1. The summed E-state index contributed by atoms with van der Waals surface area (Å²) in [5, 5.41) is 12.3. The van der Waals surface area contributed by atoms with Gasteiger partial charge in [0.15, 0.2) is 0 Å². The molecular formula is C18H25NO4. The van der Waals surface area contributed by atoms with Gasteiger partial charge in [-0.15, -0.1) is 0 Å². The zero-order chi connectivity index (χ0) is 17.1. The minimum absolute atomic E-state index is 0.0639. The second-order valence-electron chi connectivity index (χ2n) is 7.07. The Hall–Kier alpha value is -2.04. The smallest absolute Gasteiger partial charge is 0.310 e. The summed E-state index contributed by atoms with van der Waals surface area (Å²) < 4.78 is 5.13. The van der Waals surface area contributed by atoms with Crippen molar-refractivity contribution in [1.29, 1.82) is 0 Å². The van der Waals surface area contributed by atoms with Crippen molar-refractivity contribution in [3.05, 3.63) is 29.8 Å². The van der Waals surface area contributed by atoms with E-state index in [4.69, 9.17) is 4.74 Å². The molecule has 0 unspecified atom stereocenters. The third kappa shape index (κ3) is 4.24. The fraction of sp³-hybridized carbons (Fsp3) is 0.556. The van der Waals surface area contributed by atoms with Crippen LogP contribution in [0.2, 0.25) is 0 Å². The predicted molar refractivity (Wildman–Crippen MR) is 87.5 cm³/mol. The van der Waals surface area contributed by atoms with Gasteiger partial charge in [0.25, 0.3) is 0 Å². The lowest BCUT2D eigenvalue weighted by molar-refractivity contribution is -0.157. The molecule has 2 N–H and O–H groups in total. The van der Waals surface area contributed by atoms with E-state index in [0.717, 1.165) is 17.7 Å². The molecule has 1 aliphatic rings. The van der Waals surface area contributed by atoms with Crippen LogP contribution in [0.5, 0.6) is 5.75 Å². The standard InChI is InChI=1S/C18H25NO4/c1-17(2,11-13-5-7-14(23-3)8-6-13)19-15(20)12-18(16(21)22)9-4-10-18/h5-8H,4,9-12H2,1-3H3,(H,19,20)(H,21,22). The van der Waals surface area contributed by atoms with Crippen molar-refractivity contribution in [3.63, 3.8) is 0 Å². The molecule has 0 heterocycles. The maximum Gasteiger partial charge on any atom is 0.310 e. The molecule has 1 aromatic rings. The van der Waals surface area contributed by atoms with Gasteiger partial charge in [0.1, 0.15) is 5.75 Å². The van der Waals surface area contributed by atoms with Gasteiger partial charge in [-0.25, -0.2) is 0 Å². The highest BCUT2D eigenvalue weighted by atomic mass is 16.5. The van der Waals surface area contributed by atoms with Gasteiger partial charge in [0.05, 0.1) is 12.5 Å². The molecule has 5 nitrogen and oxygen atoms in total. The number of methoxy groups -OCH3 is 1. The summed E-state index contributed by atoms with van der Waals surface area (Å²) in [5.74, 6) is -0.249. The number of carboxylic acid groups (broad SMARTS) is 1. The number of carboxylic acids is 1. The van der Waals surface area contributed by atoms with Crippen LogP contribution < -0.4 is 10.1 Å². The number of benzene rings is 1. The summed E-state index contributed by atoms with van der Waals surface area (Å²) in [4.78, 5) is 23.6. The van der Waals surface area contributed by atoms with Crippen LogP contribution in [0.3, 0.4) is 0 Å². The molecule has 2 rings (SSSR count). The minimum atomic E-state index is -0.855. The van der Waals surface area contributed by atoms with Crippen molar-refractivity contribution in [2.75, 3.05) is 7.11 Å². The molecule has 0 bridgehead atoms. The molecule has 126 valence electrons. The summed E-state index contributed by atoms with van der Waals surface area (Å²) >= 11 is 0. The van der Waals surface area contributed by atoms with Crippen molar-refractivity contribution < 1.29 is 19.4 Å². The highest BCUT2D eigenvalue weighted by Crippen LogP contribution is 2.44.